The fraction of sp³-hybridized carbons (Fsp3) is 0.115. The van der Waals surface area contributed by atoms with Gasteiger partial charge in [0.25, 0.3) is 11.1 Å². The number of hydrogen-bond donors (Lipinski definition) is 1. The third-order valence-electron chi connectivity index (χ3n) is 5.12. The Hall–Kier alpha value is -3.46. The predicted octanol–water partition coefficient (Wildman–Crippen LogP) is 6.26. The molecule has 1 aliphatic rings. The van der Waals surface area contributed by atoms with Crippen molar-refractivity contribution in [2.24, 2.45) is 0 Å². The van der Waals surface area contributed by atoms with Gasteiger partial charge < -0.3 is 14.8 Å². The number of thioether (sulfide) groups is 1. The minimum Gasteiger partial charge on any atom is -0.495 e. The number of para-hydroxylation sites is 2. The largest absolute Gasteiger partial charge is 0.495 e. The minimum atomic E-state index is -0.542. The summed E-state index contributed by atoms with van der Waals surface area (Å²) in [5, 5.41) is 3.18. The molecule has 0 spiro atoms. The van der Waals surface area contributed by atoms with Crippen molar-refractivity contribution in [3.05, 3.63) is 92.8 Å². The maximum absolute atomic E-state index is 12.8. The van der Waals surface area contributed by atoms with Crippen LogP contribution in [0, 0.1) is 0 Å². The monoisotopic (exact) mass is 542 g/mol. The van der Waals surface area contributed by atoms with Crippen molar-refractivity contribution in [1.82, 2.24) is 4.90 Å². The summed E-state index contributed by atoms with van der Waals surface area (Å²) in [6, 6.07) is 19.1. The Balaban J connectivity index is 1.41. The second-order valence-electron chi connectivity index (χ2n) is 7.61. The summed E-state index contributed by atoms with van der Waals surface area (Å²) in [6.45, 7) is -0.178. The summed E-state index contributed by atoms with van der Waals surface area (Å²) in [4.78, 5) is 38.9. The number of anilines is 1. The first-order valence-corrected chi connectivity index (χ1v) is 12.3. The molecule has 184 valence electrons. The van der Waals surface area contributed by atoms with Gasteiger partial charge in [0.05, 0.1) is 17.7 Å². The Labute approximate surface area is 222 Å². The Kier molecular flexibility index (Phi) is 8.20. The van der Waals surface area contributed by atoms with Gasteiger partial charge in [0.1, 0.15) is 24.7 Å². The van der Waals surface area contributed by atoms with Crippen LogP contribution in [0.4, 0.5) is 10.5 Å². The van der Waals surface area contributed by atoms with E-state index in [0.717, 1.165) is 22.2 Å². The van der Waals surface area contributed by atoms with Gasteiger partial charge in [-0.25, -0.2) is 0 Å². The lowest BCUT2D eigenvalue weighted by molar-refractivity contribution is -0.127. The van der Waals surface area contributed by atoms with Crippen LogP contribution in [0.5, 0.6) is 11.5 Å². The fourth-order valence-electron chi connectivity index (χ4n) is 3.36. The number of carbonyl (C=O) groups is 3. The molecule has 36 heavy (non-hydrogen) atoms. The van der Waals surface area contributed by atoms with Gasteiger partial charge in [0.15, 0.2) is 0 Å². The SMILES string of the molecule is COc1ccccc1NC(=O)CN1C(=O)S/C(=C/c2cccc(OCc3ccc(Cl)cc3Cl)c2)C1=O. The predicted molar refractivity (Wildman–Crippen MR) is 142 cm³/mol. The summed E-state index contributed by atoms with van der Waals surface area (Å²) in [6.07, 6.45) is 1.59. The maximum atomic E-state index is 12.8. The smallest absolute Gasteiger partial charge is 0.294 e. The van der Waals surface area contributed by atoms with E-state index in [1.165, 1.54) is 7.11 Å². The number of nitrogens with zero attached hydrogens (tertiary/aromatic N) is 1. The summed E-state index contributed by atoms with van der Waals surface area (Å²) >= 11 is 12.9. The van der Waals surface area contributed by atoms with E-state index in [0.29, 0.717) is 32.8 Å². The van der Waals surface area contributed by atoms with E-state index in [9.17, 15) is 14.4 Å². The molecule has 0 aromatic heterocycles. The van der Waals surface area contributed by atoms with Crippen LogP contribution in [0.1, 0.15) is 11.1 Å². The maximum Gasteiger partial charge on any atom is 0.294 e. The van der Waals surface area contributed by atoms with Gasteiger partial charge in [-0.05, 0) is 59.8 Å². The minimum absolute atomic E-state index is 0.211. The van der Waals surface area contributed by atoms with E-state index in [4.69, 9.17) is 32.7 Å². The lowest BCUT2D eigenvalue weighted by atomic mass is 10.2. The quantitative estimate of drug-likeness (QED) is 0.338. The van der Waals surface area contributed by atoms with Crippen molar-refractivity contribution in [3.63, 3.8) is 0 Å². The van der Waals surface area contributed by atoms with Gasteiger partial charge in [-0.3, -0.25) is 19.3 Å². The third kappa shape index (κ3) is 6.20. The summed E-state index contributed by atoms with van der Waals surface area (Å²) in [5.41, 5.74) is 1.89. The zero-order chi connectivity index (χ0) is 25.7. The molecular formula is C26H20Cl2N2O5S. The van der Waals surface area contributed by atoms with Crippen LogP contribution in [0.15, 0.2) is 71.6 Å². The van der Waals surface area contributed by atoms with Crippen LogP contribution in [0.2, 0.25) is 10.0 Å². The lowest BCUT2D eigenvalue weighted by Crippen LogP contribution is -2.36. The second kappa shape index (κ2) is 11.5. The first-order chi connectivity index (χ1) is 17.3. The van der Waals surface area contributed by atoms with E-state index in [2.05, 4.69) is 5.32 Å². The highest BCUT2D eigenvalue weighted by Gasteiger charge is 2.36. The van der Waals surface area contributed by atoms with E-state index >= 15 is 0 Å². The third-order valence-corrected chi connectivity index (χ3v) is 6.62. The average molecular weight is 543 g/mol. The second-order valence-corrected chi connectivity index (χ2v) is 9.45. The van der Waals surface area contributed by atoms with Gasteiger partial charge >= 0.3 is 0 Å². The van der Waals surface area contributed by atoms with Crippen LogP contribution < -0.4 is 14.8 Å². The number of methoxy groups -OCH3 is 1. The van der Waals surface area contributed by atoms with Crippen molar-refractivity contribution in [2.75, 3.05) is 19.0 Å². The average Bonchev–Trinajstić information content (AvgIpc) is 3.11. The Morgan fingerprint density at radius 3 is 2.64 bits per heavy atom. The highest BCUT2D eigenvalue weighted by atomic mass is 35.5. The topological polar surface area (TPSA) is 84.9 Å². The highest BCUT2D eigenvalue weighted by Crippen LogP contribution is 2.33. The molecule has 1 N–H and O–H groups in total. The molecule has 0 bridgehead atoms. The molecule has 1 aliphatic heterocycles. The van der Waals surface area contributed by atoms with Crippen LogP contribution in [-0.4, -0.2) is 35.6 Å². The summed E-state index contributed by atoms with van der Waals surface area (Å²) in [5.74, 6) is -0.0238. The summed E-state index contributed by atoms with van der Waals surface area (Å²) in [7, 11) is 1.49. The van der Waals surface area contributed by atoms with Crippen LogP contribution in [0.25, 0.3) is 6.08 Å². The van der Waals surface area contributed by atoms with Crippen molar-refractivity contribution in [1.29, 1.82) is 0 Å². The molecule has 0 radical (unpaired) electrons. The molecule has 10 heteroatoms. The van der Waals surface area contributed by atoms with Gasteiger partial charge in [-0.15, -0.1) is 0 Å². The number of carbonyl (C=O) groups excluding carboxylic acids is 3. The Bertz CT molecular complexity index is 1360. The molecule has 3 aromatic carbocycles. The number of ether oxygens (including phenoxy) is 2. The fourth-order valence-corrected chi connectivity index (χ4v) is 4.66. The van der Waals surface area contributed by atoms with Crippen molar-refractivity contribution in [2.45, 2.75) is 6.61 Å². The van der Waals surface area contributed by atoms with Crippen LogP contribution in [-0.2, 0) is 16.2 Å². The van der Waals surface area contributed by atoms with Gasteiger partial charge in [0, 0.05) is 15.6 Å². The highest BCUT2D eigenvalue weighted by molar-refractivity contribution is 8.18. The van der Waals surface area contributed by atoms with Gasteiger partial charge in [0.2, 0.25) is 5.91 Å². The van der Waals surface area contributed by atoms with Crippen LogP contribution >= 0.6 is 35.0 Å². The molecule has 0 unspecified atom stereocenters. The number of hydrogen-bond acceptors (Lipinski definition) is 6. The van der Waals surface area contributed by atoms with Crippen molar-refractivity contribution < 1.29 is 23.9 Å². The number of halogens is 2. The number of amides is 3. The first-order valence-electron chi connectivity index (χ1n) is 10.7. The standard InChI is InChI=1S/C26H20Cl2N2O5S/c1-34-22-8-3-2-7-21(22)29-24(31)14-30-25(32)23(36-26(30)33)12-16-5-4-6-19(11-16)35-15-17-9-10-18(27)13-20(17)28/h2-13H,14-15H2,1H3,(H,29,31)/b23-12+. The molecule has 3 aromatic rings. The van der Waals surface area contributed by atoms with E-state index in [1.807, 2.05) is 0 Å². The molecule has 1 saturated heterocycles. The van der Waals surface area contributed by atoms with E-state index < -0.39 is 23.6 Å². The molecular weight excluding hydrogens is 523 g/mol. The number of imide groups is 1. The molecule has 7 nitrogen and oxygen atoms in total. The molecule has 1 heterocycles. The van der Waals surface area contributed by atoms with Crippen molar-refractivity contribution in [3.8, 4) is 11.5 Å². The molecule has 3 amide bonds. The van der Waals surface area contributed by atoms with E-state index in [1.54, 1.807) is 72.8 Å². The van der Waals surface area contributed by atoms with E-state index in [-0.39, 0.29) is 11.5 Å². The van der Waals surface area contributed by atoms with Gasteiger partial charge in [-0.1, -0.05) is 53.5 Å². The molecule has 0 aliphatic carbocycles. The first kappa shape index (κ1) is 25.6. The molecule has 1 fully saturated rings. The Morgan fingerprint density at radius 2 is 1.86 bits per heavy atom. The number of rotatable bonds is 8. The van der Waals surface area contributed by atoms with Crippen LogP contribution in [0.3, 0.4) is 0 Å². The summed E-state index contributed by atoms with van der Waals surface area (Å²) < 4.78 is 11.0. The lowest BCUT2D eigenvalue weighted by Gasteiger charge is -2.14. The molecule has 0 atom stereocenters. The number of nitrogens with one attached hydrogen (secondary N) is 1. The Morgan fingerprint density at radius 1 is 1.06 bits per heavy atom. The molecule has 4 rings (SSSR count). The zero-order valence-electron chi connectivity index (χ0n) is 19.0. The molecule has 0 saturated carbocycles. The zero-order valence-corrected chi connectivity index (χ0v) is 21.3. The number of benzene rings is 3. The van der Waals surface area contributed by atoms with Crippen molar-refractivity contribution >= 4 is 63.8 Å². The van der Waals surface area contributed by atoms with Gasteiger partial charge in [-0.2, -0.15) is 0 Å². The normalized spacial score (nSPS) is 14.3.